The number of aliphatic imine (C=N–C) groups is 1. The van der Waals surface area contributed by atoms with Crippen LogP contribution in [0.15, 0.2) is 23.7 Å². The van der Waals surface area contributed by atoms with Gasteiger partial charge in [0, 0.05) is 42.0 Å². The predicted molar refractivity (Wildman–Crippen MR) is 95.1 cm³/mol. The maximum Gasteiger partial charge on any atom is 0.393 e. The quantitative estimate of drug-likeness (QED) is 0.633. The number of nitrogens with one attached hydrogen (secondary N) is 1. The molecule has 1 aromatic rings. The van der Waals surface area contributed by atoms with E-state index in [9.17, 15) is 17.6 Å². The zero-order chi connectivity index (χ0) is 18.9. The highest BCUT2D eigenvalue weighted by atomic mass is 19.4. The maximum atomic E-state index is 14.1. The van der Waals surface area contributed by atoms with Crippen LogP contribution < -0.4 is 5.32 Å². The van der Waals surface area contributed by atoms with Gasteiger partial charge in [0.1, 0.15) is 5.82 Å². The molecule has 142 valence electrons. The Kier molecular flexibility index (Phi) is 5.10. The summed E-state index contributed by atoms with van der Waals surface area (Å²) in [6, 6.07) is 2.32. The Morgan fingerprint density at radius 2 is 1.96 bits per heavy atom. The van der Waals surface area contributed by atoms with Crippen molar-refractivity contribution in [2.75, 3.05) is 26.2 Å². The molecule has 26 heavy (non-hydrogen) atoms. The third-order valence-electron chi connectivity index (χ3n) is 5.23. The van der Waals surface area contributed by atoms with Gasteiger partial charge in [-0.3, -0.25) is 4.99 Å². The Balaban J connectivity index is 1.85. The summed E-state index contributed by atoms with van der Waals surface area (Å²) in [6.07, 6.45) is -2.10. The first kappa shape index (κ1) is 18.9. The minimum absolute atomic E-state index is 0.261. The largest absolute Gasteiger partial charge is 0.393 e. The molecule has 3 rings (SSSR count). The van der Waals surface area contributed by atoms with Crippen molar-refractivity contribution >= 4 is 17.6 Å². The van der Waals surface area contributed by atoms with Gasteiger partial charge in [0.25, 0.3) is 0 Å². The van der Waals surface area contributed by atoms with Gasteiger partial charge in [0.2, 0.25) is 0 Å². The monoisotopic (exact) mass is 369 g/mol. The Bertz CT molecular complexity index is 710. The maximum absolute atomic E-state index is 14.1. The van der Waals surface area contributed by atoms with E-state index in [0.717, 1.165) is 45.1 Å². The van der Waals surface area contributed by atoms with Crippen LogP contribution in [0.4, 0.5) is 23.2 Å². The molecule has 2 aliphatic heterocycles. The van der Waals surface area contributed by atoms with Crippen LogP contribution in [0.5, 0.6) is 0 Å². The van der Waals surface area contributed by atoms with Crippen LogP contribution in [-0.4, -0.2) is 43.5 Å². The highest BCUT2D eigenvalue weighted by molar-refractivity contribution is 5.76. The van der Waals surface area contributed by atoms with Gasteiger partial charge in [-0.15, -0.1) is 0 Å². The van der Waals surface area contributed by atoms with Gasteiger partial charge >= 0.3 is 6.18 Å². The van der Waals surface area contributed by atoms with Crippen LogP contribution in [0.2, 0.25) is 0 Å². The molecular formula is C19H23F4N3. The highest BCUT2D eigenvalue weighted by Crippen LogP contribution is 2.44. The van der Waals surface area contributed by atoms with Crippen molar-refractivity contribution < 1.29 is 17.6 Å². The van der Waals surface area contributed by atoms with Crippen LogP contribution >= 0.6 is 0 Å². The number of likely N-dealkylation sites (tertiary alicyclic amines) is 1. The number of nitrogens with zero attached hydrogens (tertiary/aromatic N) is 2. The number of hydrogen-bond donors (Lipinski definition) is 1. The number of halogens is 4. The van der Waals surface area contributed by atoms with Crippen LogP contribution in [-0.2, 0) is 6.42 Å². The average Bonchev–Trinajstić information content (AvgIpc) is 2.54. The van der Waals surface area contributed by atoms with E-state index in [0.29, 0.717) is 16.9 Å². The third-order valence-corrected chi connectivity index (χ3v) is 5.23. The lowest BCUT2D eigenvalue weighted by Crippen LogP contribution is -2.58. The first-order valence-corrected chi connectivity index (χ1v) is 8.76. The summed E-state index contributed by atoms with van der Waals surface area (Å²) in [5.74, 6) is -0.891. The van der Waals surface area contributed by atoms with Crippen molar-refractivity contribution in [3.63, 3.8) is 0 Å². The molecule has 1 aromatic carbocycles. The molecule has 1 N–H and O–H groups in total. The molecule has 3 nitrogen and oxygen atoms in total. The number of alkyl halides is 3. The fourth-order valence-corrected chi connectivity index (χ4v) is 3.83. The van der Waals surface area contributed by atoms with Crippen molar-refractivity contribution in [1.29, 1.82) is 0 Å². The van der Waals surface area contributed by atoms with Crippen LogP contribution in [0.25, 0.3) is 5.70 Å². The van der Waals surface area contributed by atoms with Crippen molar-refractivity contribution in [2.24, 2.45) is 10.4 Å². The van der Waals surface area contributed by atoms with E-state index in [1.54, 1.807) is 6.92 Å². The fraction of sp³-hybridized carbons (Fsp3) is 0.526. The van der Waals surface area contributed by atoms with Gasteiger partial charge in [-0.05, 0) is 44.5 Å². The van der Waals surface area contributed by atoms with E-state index in [1.807, 2.05) is 0 Å². The minimum atomic E-state index is -4.47. The summed E-state index contributed by atoms with van der Waals surface area (Å²) < 4.78 is 52.3. The van der Waals surface area contributed by atoms with Crippen LogP contribution in [0.1, 0.15) is 30.9 Å². The van der Waals surface area contributed by atoms with E-state index in [1.165, 1.54) is 12.3 Å². The molecule has 2 aliphatic rings. The zero-order valence-electron chi connectivity index (χ0n) is 14.8. The molecular weight excluding hydrogens is 346 g/mol. The van der Waals surface area contributed by atoms with Crippen molar-refractivity contribution in [2.45, 2.75) is 32.4 Å². The third kappa shape index (κ3) is 3.92. The van der Waals surface area contributed by atoms with Gasteiger partial charge in [0.15, 0.2) is 0 Å². The standard InChI is InChI=1S/C19H23F4N3/c1-3-25-17-9-16(20)14(10-19(21,22)23)8-15(17)13(2)26-11-18(12-26)4-6-24-7-5-18/h3,8-9,24H,2,4-7,10-12H2,1H3/b25-3-. The van der Waals surface area contributed by atoms with E-state index in [4.69, 9.17) is 0 Å². The molecule has 7 heteroatoms. The second-order valence-corrected chi connectivity index (χ2v) is 7.19. The average molecular weight is 369 g/mol. The Morgan fingerprint density at radius 3 is 2.54 bits per heavy atom. The molecule has 0 radical (unpaired) electrons. The number of rotatable bonds is 4. The summed E-state index contributed by atoms with van der Waals surface area (Å²) >= 11 is 0. The van der Waals surface area contributed by atoms with Crippen LogP contribution in [0, 0.1) is 11.2 Å². The van der Waals surface area contributed by atoms with Gasteiger partial charge in [-0.25, -0.2) is 4.39 Å². The molecule has 0 unspecified atom stereocenters. The van der Waals surface area contributed by atoms with Gasteiger partial charge in [-0.2, -0.15) is 13.2 Å². The summed E-state index contributed by atoms with van der Waals surface area (Å²) in [6.45, 7) is 9.37. The molecule has 0 saturated carbocycles. The van der Waals surface area contributed by atoms with Crippen molar-refractivity contribution in [3.05, 3.63) is 35.7 Å². The lowest BCUT2D eigenvalue weighted by atomic mass is 9.72. The van der Waals surface area contributed by atoms with Gasteiger partial charge < -0.3 is 10.2 Å². The van der Waals surface area contributed by atoms with Crippen molar-refractivity contribution in [1.82, 2.24) is 10.2 Å². The first-order chi connectivity index (χ1) is 12.2. The molecule has 0 aliphatic carbocycles. The number of hydrogen-bond acceptors (Lipinski definition) is 3. The topological polar surface area (TPSA) is 27.6 Å². The number of benzene rings is 1. The summed E-state index contributed by atoms with van der Waals surface area (Å²) in [5, 5.41) is 3.34. The first-order valence-electron chi connectivity index (χ1n) is 8.76. The second kappa shape index (κ2) is 7.02. The molecule has 0 atom stereocenters. The predicted octanol–water partition coefficient (Wildman–Crippen LogP) is 4.31. The van der Waals surface area contributed by atoms with E-state index < -0.39 is 18.4 Å². The molecule has 2 fully saturated rings. The zero-order valence-corrected chi connectivity index (χ0v) is 14.8. The molecule has 0 aromatic heterocycles. The van der Waals surface area contributed by atoms with Crippen LogP contribution in [0.3, 0.4) is 0 Å². The van der Waals surface area contributed by atoms with E-state index in [-0.39, 0.29) is 11.0 Å². The lowest BCUT2D eigenvalue weighted by Gasteiger charge is -2.54. The Morgan fingerprint density at radius 1 is 1.31 bits per heavy atom. The van der Waals surface area contributed by atoms with Gasteiger partial charge in [0.05, 0.1) is 12.1 Å². The summed E-state index contributed by atoms with van der Waals surface area (Å²) in [7, 11) is 0. The van der Waals surface area contributed by atoms with Gasteiger partial charge in [-0.1, -0.05) is 6.58 Å². The Labute approximate surface area is 150 Å². The van der Waals surface area contributed by atoms with E-state index in [2.05, 4.69) is 21.8 Å². The summed E-state index contributed by atoms with van der Waals surface area (Å²) in [5.41, 5.74) is 1.27. The molecule has 1 spiro atoms. The smallest absolute Gasteiger partial charge is 0.370 e. The van der Waals surface area contributed by atoms with E-state index >= 15 is 0 Å². The molecule has 2 saturated heterocycles. The van der Waals surface area contributed by atoms with Crippen molar-refractivity contribution in [3.8, 4) is 0 Å². The summed E-state index contributed by atoms with van der Waals surface area (Å²) in [4.78, 5) is 6.19. The highest BCUT2D eigenvalue weighted by Gasteiger charge is 2.44. The number of piperidine rings is 1. The molecule has 0 amide bonds. The molecule has 0 bridgehead atoms. The minimum Gasteiger partial charge on any atom is -0.370 e. The second-order valence-electron chi connectivity index (χ2n) is 7.19. The Hall–Kier alpha value is -1.89. The molecule has 2 heterocycles. The SMILES string of the molecule is C=C(c1cc(CC(F)(F)F)c(F)cc1/N=C\C)N1CC2(CCNCC2)C1. The fourth-order valence-electron chi connectivity index (χ4n) is 3.83. The normalized spacial score (nSPS) is 19.8. The lowest BCUT2D eigenvalue weighted by molar-refractivity contribution is -0.127.